The van der Waals surface area contributed by atoms with E-state index in [4.69, 9.17) is 0 Å². The third-order valence-corrected chi connectivity index (χ3v) is 5.04. The van der Waals surface area contributed by atoms with Crippen molar-refractivity contribution in [3.05, 3.63) is 12.7 Å². The molecule has 1 N–H and O–H groups in total. The number of hydrogen-bond donors (Lipinski definition) is 1. The highest BCUT2D eigenvalue weighted by Gasteiger charge is 2.29. The predicted molar refractivity (Wildman–Crippen MR) is 110 cm³/mol. The second-order valence-corrected chi connectivity index (χ2v) is 6.45. The van der Waals surface area contributed by atoms with Gasteiger partial charge in [-0.15, -0.1) is 34.2 Å². The standard InChI is InChI=1S/C17H32N6.HI/c1-4-15(5-2)16-8-11-23(12-16)17(18-3)19-9-6-7-10-22-13-20-21-14-22;/h13-16H,4-12H2,1-3H3,(H,18,19);1H. The summed E-state index contributed by atoms with van der Waals surface area (Å²) < 4.78 is 2.02. The Bertz CT molecular complexity index is 458. The summed E-state index contributed by atoms with van der Waals surface area (Å²) in [6, 6.07) is 0. The van der Waals surface area contributed by atoms with Crippen LogP contribution in [0.25, 0.3) is 0 Å². The monoisotopic (exact) mass is 448 g/mol. The summed E-state index contributed by atoms with van der Waals surface area (Å²) >= 11 is 0. The van der Waals surface area contributed by atoms with Crippen LogP contribution in [0.4, 0.5) is 0 Å². The molecule has 1 aromatic heterocycles. The fourth-order valence-electron chi connectivity index (χ4n) is 3.61. The summed E-state index contributed by atoms with van der Waals surface area (Å²) in [5.74, 6) is 2.77. The van der Waals surface area contributed by atoms with Crippen LogP contribution in [0.3, 0.4) is 0 Å². The van der Waals surface area contributed by atoms with Gasteiger partial charge in [0.25, 0.3) is 0 Å². The number of rotatable bonds is 8. The van der Waals surface area contributed by atoms with Crippen molar-refractivity contribution in [2.75, 3.05) is 26.7 Å². The molecule has 2 heterocycles. The highest BCUT2D eigenvalue weighted by molar-refractivity contribution is 14.0. The van der Waals surface area contributed by atoms with E-state index in [1.54, 1.807) is 12.7 Å². The number of unbranched alkanes of at least 4 members (excludes halogenated alkanes) is 1. The molecule has 1 atom stereocenters. The Labute approximate surface area is 163 Å². The minimum absolute atomic E-state index is 0. The molecule has 0 saturated carbocycles. The number of aryl methyl sites for hydroxylation is 1. The van der Waals surface area contributed by atoms with E-state index in [2.05, 4.69) is 39.3 Å². The van der Waals surface area contributed by atoms with E-state index >= 15 is 0 Å². The zero-order valence-corrected chi connectivity index (χ0v) is 17.6. The van der Waals surface area contributed by atoms with Gasteiger partial charge in [-0.05, 0) is 31.1 Å². The fourth-order valence-corrected chi connectivity index (χ4v) is 3.61. The van der Waals surface area contributed by atoms with Gasteiger partial charge >= 0.3 is 0 Å². The highest BCUT2D eigenvalue weighted by atomic mass is 127. The molecule has 0 aromatic carbocycles. The Balaban J connectivity index is 0.00000288. The molecule has 7 heteroatoms. The Kier molecular flexibility index (Phi) is 10.3. The van der Waals surface area contributed by atoms with E-state index in [1.165, 1.54) is 19.3 Å². The summed E-state index contributed by atoms with van der Waals surface area (Å²) in [5, 5.41) is 11.2. The average Bonchev–Trinajstić information content (AvgIpc) is 3.24. The first kappa shape index (κ1) is 21.2. The molecule has 1 aromatic rings. The summed E-state index contributed by atoms with van der Waals surface area (Å²) in [5.41, 5.74) is 0. The Morgan fingerprint density at radius 2 is 1.96 bits per heavy atom. The van der Waals surface area contributed by atoms with Crippen molar-refractivity contribution in [3.8, 4) is 0 Å². The molecular formula is C17H33IN6. The van der Waals surface area contributed by atoms with Gasteiger partial charge in [-0.2, -0.15) is 0 Å². The SMILES string of the molecule is CCC(CC)C1CCN(C(=NC)NCCCCn2cnnc2)C1.I. The normalized spacial score (nSPS) is 18.1. The molecular weight excluding hydrogens is 415 g/mol. The van der Waals surface area contributed by atoms with Gasteiger partial charge in [0.05, 0.1) is 0 Å². The summed E-state index contributed by atoms with van der Waals surface area (Å²) in [6.45, 7) is 8.89. The van der Waals surface area contributed by atoms with E-state index in [-0.39, 0.29) is 24.0 Å². The molecule has 1 aliphatic heterocycles. The maximum absolute atomic E-state index is 4.47. The largest absolute Gasteiger partial charge is 0.356 e. The van der Waals surface area contributed by atoms with Crippen molar-refractivity contribution in [1.82, 2.24) is 25.0 Å². The van der Waals surface area contributed by atoms with Gasteiger partial charge in [-0.1, -0.05) is 26.7 Å². The molecule has 6 nitrogen and oxygen atoms in total. The van der Waals surface area contributed by atoms with Crippen molar-refractivity contribution in [2.24, 2.45) is 16.8 Å². The van der Waals surface area contributed by atoms with Crippen molar-refractivity contribution >= 4 is 29.9 Å². The first-order valence-electron chi connectivity index (χ1n) is 9.06. The van der Waals surface area contributed by atoms with E-state index in [0.717, 1.165) is 56.8 Å². The number of aromatic nitrogens is 3. The predicted octanol–water partition coefficient (Wildman–Crippen LogP) is 3.01. The van der Waals surface area contributed by atoms with E-state index < -0.39 is 0 Å². The van der Waals surface area contributed by atoms with Crippen LogP contribution in [-0.4, -0.2) is 52.3 Å². The number of hydrogen-bond acceptors (Lipinski definition) is 3. The minimum atomic E-state index is 0. The quantitative estimate of drug-likeness (QED) is 0.288. The molecule has 1 saturated heterocycles. The van der Waals surface area contributed by atoms with Gasteiger partial charge in [0.15, 0.2) is 5.96 Å². The van der Waals surface area contributed by atoms with Gasteiger partial charge in [0.2, 0.25) is 0 Å². The number of guanidine groups is 1. The van der Waals surface area contributed by atoms with Crippen molar-refractivity contribution in [1.29, 1.82) is 0 Å². The first-order chi connectivity index (χ1) is 11.3. The molecule has 1 fully saturated rings. The maximum atomic E-state index is 4.47. The lowest BCUT2D eigenvalue weighted by Crippen LogP contribution is -2.40. The van der Waals surface area contributed by atoms with Gasteiger partial charge < -0.3 is 14.8 Å². The second-order valence-electron chi connectivity index (χ2n) is 6.45. The number of nitrogens with zero attached hydrogens (tertiary/aromatic N) is 5. The van der Waals surface area contributed by atoms with Crippen LogP contribution >= 0.6 is 24.0 Å². The van der Waals surface area contributed by atoms with Gasteiger partial charge in [0.1, 0.15) is 12.7 Å². The number of halogens is 1. The Hall–Kier alpha value is -0.860. The van der Waals surface area contributed by atoms with E-state index in [0.29, 0.717) is 0 Å². The molecule has 138 valence electrons. The lowest BCUT2D eigenvalue weighted by Gasteiger charge is -2.24. The highest BCUT2D eigenvalue weighted by Crippen LogP contribution is 2.28. The Morgan fingerprint density at radius 1 is 1.25 bits per heavy atom. The molecule has 0 spiro atoms. The fraction of sp³-hybridized carbons (Fsp3) is 0.824. The molecule has 2 rings (SSSR count). The molecule has 0 aliphatic carbocycles. The molecule has 1 unspecified atom stereocenters. The van der Waals surface area contributed by atoms with Crippen LogP contribution in [0, 0.1) is 11.8 Å². The summed E-state index contributed by atoms with van der Waals surface area (Å²) in [6.07, 6.45) is 9.69. The van der Waals surface area contributed by atoms with E-state index in [9.17, 15) is 0 Å². The van der Waals surface area contributed by atoms with Crippen LogP contribution in [-0.2, 0) is 6.54 Å². The van der Waals surface area contributed by atoms with Crippen LogP contribution in [0.5, 0.6) is 0 Å². The molecule has 1 aliphatic rings. The van der Waals surface area contributed by atoms with Gasteiger partial charge in [-0.3, -0.25) is 4.99 Å². The van der Waals surface area contributed by atoms with Crippen LogP contribution in [0.15, 0.2) is 17.6 Å². The third kappa shape index (κ3) is 6.22. The molecule has 24 heavy (non-hydrogen) atoms. The van der Waals surface area contributed by atoms with Gasteiger partial charge in [-0.25, -0.2) is 0 Å². The third-order valence-electron chi connectivity index (χ3n) is 5.04. The second kappa shape index (κ2) is 11.7. The Morgan fingerprint density at radius 3 is 2.58 bits per heavy atom. The molecule has 0 amide bonds. The lowest BCUT2D eigenvalue weighted by molar-refractivity contribution is 0.319. The summed E-state index contributed by atoms with van der Waals surface area (Å²) in [7, 11) is 1.89. The first-order valence-corrected chi connectivity index (χ1v) is 9.06. The van der Waals surface area contributed by atoms with E-state index in [1.807, 2.05) is 11.6 Å². The van der Waals surface area contributed by atoms with Crippen LogP contribution < -0.4 is 5.32 Å². The smallest absolute Gasteiger partial charge is 0.193 e. The topological polar surface area (TPSA) is 58.3 Å². The average molecular weight is 448 g/mol. The summed E-state index contributed by atoms with van der Waals surface area (Å²) in [4.78, 5) is 6.90. The van der Waals surface area contributed by atoms with Crippen molar-refractivity contribution in [3.63, 3.8) is 0 Å². The molecule has 0 radical (unpaired) electrons. The van der Waals surface area contributed by atoms with Crippen molar-refractivity contribution < 1.29 is 0 Å². The zero-order valence-electron chi connectivity index (χ0n) is 15.3. The van der Waals surface area contributed by atoms with Crippen LogP contribution in [0.1, 0.15) is 46.0 Å². The number of nitrogens with one attached hydrogen (secondary N) is 1. The van der Waals surface area contributed by atoms with Crippen LogP contribution in [0.2, 0.25) is 0 Å². The minimum Gasteiger partial charge on any atom is -0.356 e. The number of aliphatic imine (C=N–C) groups is 1. The number of likely N-dealkylation sites (tertiary alicyclic amines) is 1. The lowest BCUT2D eigenvalue weighted by atomic mass is 9.87. The maximum Gasteiger partial charge on any atom is 0.193 e. The van der Waals surface area contributed by atoms with Gasteiger partial charge in [0, 0.05) is 33.2 Å². The zero-order chi connectivity index (χ0) is 16.5. The molecule has 0 bridgehead atoms. The van der Waals surface area contributed by atoms with Crippen molar-refractivity contribution in [2.45, 2.75) is 52.5 Å².